The number of fused-ring (bicyclic) bond motifs is 3. The average molecular weight is 275 g/mol. The van der Waals surface area contributed by atoms with E-state index >= 15 is 0 Å². The summed E-state index contributed by atoms with van der Waals surface area (Å²) in [5, 5.41) is 49.0. The summed E-state index contributed by atoms with van der Waals surface area (Å²) in [4.78, 5) is 0. The van der Waals surface area contributed by atoms with Gasteiger partial charge < -0.3 is 30.1 Å². The third kappa shape index (κ3) is 1.48. The second kappa shape index (κ2) is 4.21. The molecule has 0 saturated heterocycles. The Morgan fingerprint density at radius 1 is 0.750 bits per heavy atom. The Kier molecular flexibility index (Phi) is 2.62. The lowest BCUT2D eigenvalue weighted by Gasteiger charge is -2.05. The van der Waals surface area contributed by atoms with E-state index in [0.29, 0.717) is 11.0 Å². The zero-order valence-corrected chi connectivity index (χ0v) is 10.4. The number of benzene rings is 2. The van der Waals surface area contributed by atoms with E-state index in [4.69, 9.17) is 5.11 Å². The first kappa shape index (κ1) is 12.4. The number of aromatic nitrogens is 1. The summed E-state index contributed by atoms with van der Waals surface area (Å²) in [6.45, 7) is 0.136. The molecule has 0 saturated carbocycles. The highest BCUT2D eigenvalue weighted by Crippen LogP contribution is 2.45. The molecular weight excluding hydrogens is 262 g/mol. The molecule has 0 unspecified atom stereocenters. The summed E-state index contributed by atoms with van der Waals surface area (Å²) >= 11 is 0. The second-order valence-electron chi connectivity index (χ2n) is 4.53. The molecule has 0 spiro atoms. The summed E-state index contributed by atoms with van der Waals surface area (Å²) in [6.07, 6.45) is 0. The Bertz CT molecular complexity index is 756. The summed E-state index contributed by atoms with van der Waals surface area (Å²) < 4.78 is 1.70. The van der Waals surface area contributed by atoms with E-state index in [0.717, 1.165) is 0 Å². The molecule has 6 heteroatoms. The van der Waals surface area contributed by atoms with Gasteiger partial charge in [-0.2, -0.15) is 0 Å². The molecule has 20 heavy (non-hydrogen) atoms. The molecular formula is C14H13NO5. The van der Waals surface area contributed by atoms with Crippen LogP contribution in [0.4, 0.5) is 0 Å². The summed E-state index contributed by atoms with van der Waals surface area (Å²) in [5.74, 6) is -1.37. The highest BCUT2D eigenvalue weighted by Gasteiger charge is 2.20. The van der Waals surface area contributed by atoms with E-state index < -0.39 is 0 Å². The zero-order valence-electron chi connectivity index (χ0n) is 10.4. The second-order valence-corrected chi connectivity index (χ2v) is 4.53. The Balaban J connectivity index is 2.60. The minimum Gasteiger partial charge on any atom is -0.504 e. The summed E-state index contributed by atoms with van der Waals surface area (Å²) in [5.41, 5.74) is 1.09. The molecule has 2 aromatic carbocycles. The summed E-state index contributed by atoms with van der Waals surface area (Å²) in [7, 11) is 0. The van der Waals surface area contributed by atoms with Crippen molar-refractivity contribution >= 4 is 21.8 Å². The van der Waals surface area contributed by atoms with Gasteiger partial charge in [0, 0.05) is 6.54 Å². The molecule has 5 N–H and O–H groups in total. The van der Waals surface area contributed by atoms with Crippen LogP contribution in [-0.4, -0.2) is 36.7 Å². The van der Waals surface area contributed by atoms with Gasteiger partial charge in [-0.1, -0.05) is 0 Å². The number of hydrogen-bond acceptors (Lipinski definition) is 5. The molecule has 3 aromatic rings. The highest BCUT2D eigenvalue weighted by molar-refractivity contribution is 6.15. The lowest BCUT2D eigenvalue weighted by atomic mass is 10.1. The molecule has 0 atom stereocenters. The van der Waals surface area contributed by atoms with E-state index in [2.05, 4.69) is 0 Å². The Hall–Kier alpha value is -2.60. The molecule has 0 fully saturated rings. The van der Waals surface area contributed by atoms with Crippen LogP contribution in [0.25, 0.3) is 21.8 Å². The highest BCUT2D eigenvalue weighted by atomic mass is 16.3. The third-order valence-corrected chi connectivity index (χ3v) is 3.42. The first-order valence-electron chi connectivity index (χ1n) is 6.05. The van der Waals surface area contributed by atoms with Crippen LogP contribution < -0.4 is 0 Å². The van der Waals surface area contributed by atoms with E-state index in [9.17, 15) is 20.4 Å². The SMILES string of the molecule is OCCn1c2ccc(O)c(O)c2c2c(O)c(O)ccc21. The van der Waals surface area contributed by atoms with Crippen LogP contribution >= 0.6 is 0 Å². The van der Waals surface area contributed by atoms with Gasteiger partial charge in [-0.3, -0.25) is 0 Å². The number of phenols is 4. The maximum atomic E-state index is 10.0. The topological polar surface area (TPSA) is 106 Å². The average Bonchev–Trinajstić information content (AvgIpc) is 2.74. The maximum absolute atomic E-state index is 10.0. The van der Waals surface area contributed by atoms with Crippen LogP contribution in [0.2, 0.25) is 0 Å². The minimum absolute atomic E-state index is 0.123. The molecule has 0 aliphatic carbocycles. The van der Waals surface area contributed by atoms with Gasteiger partial charge >= 0.3 is 0 Å². The van der Waals surface area contributed by atoms with E-state index in [1.54, 1.807) is 16.7 Å². The lowest BCUT2D eigenvalue weighted by molar-refractivity contribution is 0.280. The standard InChI is InChI=1S/C14H13NO5/c16-6-5-15-7-1-3-9(17)13(19)11(7)12-8(15)2-4-10(18)14(12)20/h1-4,16-20H,5-6H2. The normalized spacial score (nSPS) is 11.4. The quantitative estimate of drug-likeness (QED) is 0.457. The largest absolute Gasteiger partial charge is 0.504 e. The van der Waals surface area contributed by atoms with Gasteiger partial charge in [-0.15, -0.1) is 0 Å². The number of aliphatic hydroxyl groups excluding tert-OH is 1. The first-order valence-corrected chi connectivity index (χ1v) is 6.05. The molecule has 0 amide bonds. The lowest BCUT2D eigenvalue weighted by Crippen LogP contribution is -2.01. The maximum Gasteiger partial charge on any atom is 0.167 e. The van der Waals surface area contributed by atoms with Crippen molar-refractivity contribution in [2.24, 2.45) is 0 Å². The molecule has 6 nitrogen and oxygen atoms in total. The number of aromatic hydroxyl groups is 4. The van der Waals surface area contributed by atoms with Crippen LogP contribution in [0.15, 0.2) is 24.3 Å². The predicted molar refractivity (Wildman–Crippen MR) is 73.2 cm³/mol. The van der Waals surface area contributed by atoms with Crippen molar-refractivity contribution in [3.8, 4) is 23.0 Å². The van der Waals surface area contributed by atoms with Crippen molar-refractivity contribution in [3.63, 3.8) is 0 Å². The van der Waals surface area contributed by atoms with Crippen LogP contribution in [0.1, 0.15) is 0 Å². The van der Waals surface area contributed by atoms with Crippen molar-refractivity contribution in [1.82, 2.24) is 4.57 Å². The molecule has 3 rings (SSSR count). The number of rotatable bonds is 2. The van der Waals surface area contributed by atoms with Gasteiger partial charge in [0.05, 0.1) is 28.4 Å². The number of nitrogens with zero attached hydrogens (tertiary/aromatic N) is 1. The van der Waals surface area contributed by atoms with Crippen molar-refractivity contribution in [1.29, 1.82) is 0 Å². The van der Waals surface area contributed by atoms with Gasteiger partial charge in [-0.25, -0.2) is 0 Å². The van der Waals surface area contributed by atoms with Crippen molar-refractivity contribution < 1.29 is 25.5 Å². The Labute approximate surface area is 113 Å². The fraction of sp³-hybridized carbons (Fsp3) is 0.143. The van der Waals surface area contributed by atoms with Crippen molar-refractivity contribution in [2.75, 3.05) is 6.61 Å². The van der Waals surface area contributed by atoms with Gasteiger partial charge in [0.15, 0.2) is 23.0 Å². The van der Waals surface area contributed by atoms with Gasteiger partial charge in [0.25, 0.3) is 0 Å². The van der Waals surface area contributed by atoms with Gasteiger partial charge in [0.1, 0.15) is 0 Å². The molecule has 0 bridgehead atoms. The van der Waals surface area contributed by atoms with Crippen molar-refractivity contribution in [3.05, 3.63) is 24.3 Å². The predicted octanol–water partition coefficient (Wildman–Crippen LogP) is 1.61. The smallest absolute Gasteiger partial charge is 0.167 e. The van der Waals surface area contributed by atoms with Crippen LogP contribution in [0, 0.1) is 0 Å². The molecule has 0 aliphatic rings. The van der Waals surface area contributed by atoms with Crippen LogP contribution in [-0.2, 0) is 6.54 Å². The van der Waals surface area contributed by atoms with Gasteiger partial charge in [-0.05, 0) is 24.3 Å². The number of hydrogen-bond donors (Lipinski definition) is 5. The Morgan fingerprint density at radius 3 is 1.60 bits per heavy atom. The van der Waals surface area contributed by atoms with E-state index in [1.807, 2.05) is 0 Å². The third-order valence-electron chi connectivity index (χ3n) is 3.42. The fourth-order valence-corrected chi connectivity index (χ4v) is 2.55. The first-order chi connectivity index (χ1) is 9.56. The van der Waals surface area contributed by atoms with Crippen LogP contribution in [0.3, 0.4) is 0 Å². The van der Waals surface area contributed by atoms with E-state index in [-0.39, 0.29) is 46.9 Å². The number of aliphatic hydroxyl groups is 1. The summed E-state index contributed by atoms with van der Waals surface area (Å²) in [6, 6.07) is 5.83. The van der Waals surface area contributed by atoms with Crippen molar-refractivity contribution in [2.45, 2.75) is 6.54 Å². The van der Waals surface area contributed by atoms with Crippen LogP contribution in [0.5, 0.6) is 23.0 Å². The molecule has 0 radical (unpaired) electrons. The zero-order chi connectivity index (χ0) is 14.4. The van der Waals surface area contributed by atoms with E-state index in [1.165, 1.54) is 12.1 Å². The molecule has 104 valence electrons. The molecule has 0 aliphatic heterocycles. The van der Waals surface area contributed by atoms with Gasteiger partial charge in [0.2, 0.25) is 0 Å². The fourth-order valence-electron chi connectivity index (χ4n) is 2.55. The Morgan fingerprint density at radius 2 is 1.20 bits per heavy atom. The minimum atomic E-state index is -0.370. The number of phenolic OH excluding ortho intramolecular Hbond substituents is 4. The molecule has 1 heterocycles. The molecule has 1 aromatic heterocycles. The monoisotopic (exact) mass is 275 g/mol.